The summed E-state index contributed by atoms with van der Waals surface area (Å²) in [5, 5.41) is 17.5. The van der Waals surface area contributed by atoms with E-state index in [4.69, 9.17) is 16.3 Å². The maximum atomic E-state index is 13.6. The van der Waals surface area contributed by atoms with E-state index in [2.05, 4.69) is 10.5 Å². The lowest BCUT2D eigenvalue weighted by atomic mass is 10.2. The highest BCUT2D eigenvalue weighted by Gasteiger charge is 2.31. The molecule has 0 aliphatic rings. The van der Waals surface area contributed by atoms with Gasteiger partial charge in [0.05, 0.1) is 28.3 Å². The molecule has 3 rings (SSSR count). The van der Waals surface area contributed by atoms with Gasteiger partial charge in [0.2, 0.25) is 0 Å². The van der Waals surface area contributed by atoms with Gasteiger partial charge in [0.15, 0.2) is 0 Å². The first kappa shape index (κ1) is 26.1. The fourth-order valence-corrected chi connectivity index (χ4v) is 5.37. The monoisotopic (exact) mass is 536 g/mol. The Labute approximate surface area is 211 Å². The number of thiophene rings is 1. The van der Waals surface area contributed by atoms with Crippen molar-refractivity contribution in [3.05, 3.63) is 79.5 Å². The number of benzene rings is 2. The Balaban J connectivity index is 2.05. The number of rotatable bonds is 9. The van der Waals surface area contributed by atoms with E-state index in [0.717, 1.165) is 15.2 Å². The SMILES string of the molecule is COc1ccc(Cl)cc1N(CC(=O)N/N=C(/C)c1cccs1)S(=O)(=O)c1ccc(C)c([N+](=O)[O-])c1. The van der Waals surface area contributed by atoms with Crippen molar-refractivity contribution < 1.29 is 22.9 Å². The fraction of sp³-hybridized carbons (Fsp3) is 0.182. The van der Waals surface area contributed by atoms with Crippen molar-refractivity contribution in [2.75, 3.05) is 18.0 Å². The number of carbonyl (C=O) groups is 1. The van der Waals surface area contributed by atoms with Gasteiger partial charge in [-0.15, -0.1) is 11.3 Å². The third-order valence-corrected chi connectivity index (χ3v) is 7.86. The molecule has 0 aliphatic carbocycles. The van der Waals surface area contributed by atoms with Crippen LogP contribution in [0.2, 0.25) is 5.02 Å². The zero-order chi connectivity index (χ0) is 25.8. The number of methoxy groups -OCH3 is 1. The fourth-order valence-electron chi connectivity index (χ4n) is 3.08. The average molecular weight is 537 g/mol. The molecule has 0 unspecified atom stereocenters. The van der Waals surface area contributed by atoms with E-state index >= 15 is 0 Å². The Morgan fingerprint density at radius 1 is 1.26 bits per heavy atom. The van der Waals surface area contributed by atoms with Crippen molar-refractivity contribution in [3.8, 4) is 5.75 Å². The Morgan fingerprint density at radius 2 is 2.00 bits per heavy atom. The number of carbonyl (C=O) groups excluding carboxylic acids is 1. The predicted octanol–water partition coefficient (Wildman–Crippen LogP) is 4.36. The molecule has 0 aliphatic heterocycles. The van der Waals surface area contributed by atoms with E-state index in [1.165, 1.54) is 55.7 Å². The summed E-state index contributed by atoms with van der Waals surface area (Å²) in [6.07, 6.45) is 0. The third kappa shape index (κ3) is 5.96. The largest absolute Gasteiger partial charge is 0.495 e. The minimum atomic E-state index is -4.47. The molecule has 0 atom stereocenters. The third-order valence-electron chi connectivity index (χ3n) is 4.89. The zero-order valence-electron chi connectivity index (χ0n) is 18.9. The Hall–Kier alpha value is -3.48. The van der Waals surface area contributed by atoms with Crippen molar-refractivity contribution in [1.29, 1.82) is 0 Å². The minimum absolute atomic E-state index is 0.0164. The van der Waals surface area contributed by atoms with Gasteiger partial charge in [-0.3, -0.25) is 19.2 Å². The van der Waals surface area contributed by atoms with Crippen LogP contribution in [0.3, 0.4) is 0 Å². The second kappa shape index (κ2) is 10.8. The van der Waals surface area contributed by atoms with Gasteiger partial charge in [-0.1, -0.05) is 23.7 Å². The van der Waals surface area contributed by atoms with Crippen molar-refractivity contribution in [2.24, 2.45) is 5.10 Å². The van der Waals surface area contributed by atoms with Gasteiger partial charge in [0.25, 0.3) is 21.6 Å². The molecule has 0 saturated heterocycles. The zero-order valence-corrected chi connectivity index (χ0v) is 21.3. The van der Waals surface area contributed by atoms with Crippen LogP contribution < -0.4 is 14.5 Å². The van der Waals surface area contributed by atoms with Gasteiger partial charge < -0.3 is 4.74 Å². The summed E-state index contributed by atoms with van der Waals surface area (Å²) in [4.78, 5) is 24.0. The summed E-state index contributed by atoms with van der Waals surface area (Å²) < 4.78 is 33.4. The Morgan fingerprint density at radius 3 is 2.63 bits per heavy atom. The number of ether oxygens (including phenoxy) is 1. The number of amides is 1. The molecule has 10 nitrogen and oxygen atoms in total. The van der Waals surface area contributed by atoms with Crippen LogP contribution in [0.15, 0.2) is 63.9 Å². The van der Waals surface area contributed by atoms with Gasteiger partial charge in [-0.25, -0.2) is 13.8 Å². The maximum absolute atomic E-state index is 13.6. The number of nitro groups is 1. The molecule has 0 spiro atoms. The first-order chi connectivity index (χ1) is 16.5. The topological polar surface area (TPSA) is 131 Å². The molecule has 2 aromatic carbocycles. The number of aryl methyl sites for hydroxylation is 1. The van der Waals surface area contributed by atoms with Crippen LogP contribution in [0.1, 0.15) is 17.4 Å². The van der Waals surface area contributed by atoms with E-state index in [0.29, 0.717) is 5.71 Å². The summed E-state index contributed by atoms with van der Waals surface area (Å²) in [6.45, 7) is 2.50. The lowest BCUT2D eigenvalue weighted by molar-refractivity contribution is -0.385. The smallest absolute Gasteiger partial charge is 0.273 e. The molecule has 3 aromatic rings. The van der Waals surface area contributed by atoms with Crippen LogP contribution in [0.5, 0.6) is 5.75 Å². The van der Waals surface area contributed by atoms with E-state index in [1.54, 1.807) is 6.92 Å². The van der Waals surface area contributed by atoms with Gasteiger partial charge in [-0.2, -0.15) is 5.10 Å². The molecule has 0 fully saturated rings. The summed E-state index contributed by atoms with van der Waals surface area (Å²) in [7, 11) is -3.13. The van der Waals surface area contributed by atoms with Crippen LogP contribution in [0.4, 0.5) is 11.4 Å². The number of hydrazone groups is 1. The standard InChI is InChI=1S/C22H21ClN4O6S2/c1-14-6-8-17(12-18(14)27(29)30)35(31,32)26(19-11-16(23)7-9-20(19)33-3)13-22(28)25-24-15(2)21-5-4-10-34-21/h4-12H,13H2,1-3H3,(H,25,28)/b24-15-. The first-order valence-corrected chi connectivity index (χ1v) is 12.7. The number of hydrogen-bond donors (Lipinski definition) is 1. The van der Waals surface area contributed by atoms with Crippen LogP contribution in [0.25, 0.3) is 0 Å². The van der Waals surface area contributed by atoms with Gasteiger partial charge in [0, 0.05) is 21.5 Å². The van der Waals surface area contributed by atoms with Crippen molar-refractivity contribution in [1.82, 2.24) is 5.43 Å². The molecule has 0 bridgehead atoms. The quantitative estimate of drug-likeness (QED) is 0.245. The molecular weight excluding hydrogens is 516 g/mol. The van der Waals surface area contributed by atoms with Crippen molar-refractivity contribution in [3.63, 3.8) is 0 Å². The molecule has 13 heteroatoms. The minimum Gasteiger partial charge on any atom is -0.495 e. The summed E-state index contributed by atoms with van der Waals surface area (Å²) in [5.41, 5.74) is 2.79. The molecule has 0 radical (unpaired) electrons. The molecule has 184 valence electrons. The number of nitrogens with zero attached hydrogens (tertiary/aromatic N) is 3. The van der Waals surface area contributed by atoms with Gasteiger partial charge in [0.1, 0.15) is 12.3 Å². The lowest BCUT2D eigenvalue weighted by Crippen LogP contribution is -2.40. The highest BCUT2D eigenvalue weighted by Crippen LogP contribution is 2.35. The number of sulfonamides is 1. The summed E-state index contributed by atoms with van der Waals surface area (Å²) >= 11 is 7.54. The second-order valence-electron chi connectivity index (χ2n) is 7.24. The highest BCUT2D eigenvalue weighted by atomic mass is 35.5. The Bertz CT molecular complexity index is 1390. The normalized spacial score (nSPS) is 11.7. The average Bonchev–Trinajstić information content (AvgIpc) is 3.36. The summed E-state index contributed by atoms with van der Waals surface area (Å²) in [5.74, 6) is -0.612. The number of nitrogens with one attached hydrogen (secondary N) is 1. The van der Waals surface area contributed by atoms with E-state index < -0.39 is 27.4 Å². The van der Waals surface area contributed by atoms with Crippen molar-refractivity contribution in [2.45, 2.75) is 18.7 Å². The molecular formula is C22H21ClN4O6S2. The predicted molar refractivity (Wildman–Crippen MR) is 135 cm³/mol. The van der Waals surface area contributed by atoms with E-state index in [1.807, 2.05) is 17.5 Å². The first-order valence-electron chi connectivity index (χ1n) is 10.0. The van der Waals surface area contributed by atoms with Gasteiger partial charge >= 0.3 is 0 Å². The summed E-state index contributed by atoms with van der Waals surface area (Å²) in [6, 6.07) is 11.5. The number of halogens is 1. The highest BCUT2D eigenvalue weighted by molar-refractivity contribution is 7.92. The molecule has 0 saturated carbocycles. The molecule has 35 heavy (non-hydrogen) atoms. The Kier molecular flexibility index (Phi) is 8.10. The lowest BCUT2D eigenvalue weighted by Gasteiger charge is -2.25. The molecule has 1 amide bonds. The van der Waals surface area contributed by atoms with E-state index in [-0.39, 0.29) is 32.6 Å². The van der Waals surface area contributed by atoms with Crippen LogP contribution in [-0.4, -0.2) is 38.6 Å². The maximum Gasteiger partial charge on any atom is 0.273 e. The van der Waals surface area contributed by atoms with Gasteiger partial charge in [-0.05, 0) is 49.6 Å². The number of anilines is 1. The molecule has 1 heterocycles. The van der Waals surface area contributed by atoms with Crippen LogP contribution >= 0.6 is 22.9 Å². The van der Waals surface area contributed by atoms with Crippen LogP contribution in [0, 0.1) is 17.0 Å². The van der Waals surface area contributed by atoms with Crippen LogP contribution in [-0.2, 0) is 14.8 Å². The second-order valence-corrected chi connectivity index (χ2v) is 10.5. The number of hydrogen-bond acceptors (Lipinski definition) is 8. The molecule has 1 N–H and O–H groups in total. The van der Waals surface area contributed by atoms with Crippen molar-refractivity contribution >= 4 is 56.0 Å². The molecule has 1 aromatic heterocycles. The number of nitro benzene ring substituents is 1. The van der Waals surface area contributed by atoms with E-state index in [9.17, 15) is 23.3 Å².